The first-order valence-electron chi connectivity index (χ1n) is 8.97. The van der Waals surface area contributed by atoms with E-state index in [9.17, 15) is 18.0 Å². The van der Waals surface area contributed by atoms with Gasteiger partial charge in [-0.25, -0.2) is 8.42 Å². The number of carbonyl (C=O) groups is 2. The quantitative estimate of drug-likeness (QED) is 0.531. The lowest BCUT2D eigenvalue weighted by atomic mass is 10.1. The molecule has 0 aliphatic heterocycles. The van der Waals surface area contributed by atoms with Crippen molar-refractivity contribution in [2.24, 2.45) is 0 Å². The lowest BCUT2D eigenvalue weighted by Crippen LogP contribution is -2.15. The highest BCUT2D eigenvalue weighted by molar-refractivity contribution is 7.92. The van der Waals surface area contributed by atoms with Gasteiger partial charge in [-0.1, -0.05) is 23.7 Å². The molecule has 3 rings (SSSR count). The Morgan fingerprint density at radius 1 is 0.900 bits per heavy atom. The van der Waals surface area contributed by atoms with Crippen LogP contribution in [0.5, 0.6) is 0 Å². The molecule has 0 saturated carbocycles. The van der Waals surface area contributed by atoms with Crippen molar-refractivity contribution in [1.82, 2.24) is 0 Å². The van der Waals surface area contributed by atoms with E-state index in [0.717, 1.165) is 0 Å². The molecule has 0 radical (unpaired) electrons. The van der Waals surface area contributed by atoms with Crippen molar-refractivity contribution in [2.75, 3.05) is 10.0 Å². The molecule has 154 valence electrons. The Kier molecular flexibility index (Phi) is 6.24. The smallest absolute Gasteiger partial charge is 0.261 e. The molecule has 0 unspecified atom stereocenters. The van der Waals surface area contributed by atoms with Gasteiger partial charge in [-0.3, -0.25) is 14.3 Å². The molecular weight excluding hydrogens is 424 g/mol. The predicted molar refractivity (Wildman–Crippen MR) is 118 cm³/mol. The molecule has 6 nitrogen and oxygen atoms in total. The number of nitrogens with one attached hydrogen (secondary N) is 2. The van der Waals surface area contributed by atoms with Gasteiger partial charge in [-0.2, -0.15) is 0 Å². The SMILES string of the molecule is CC(=O)c1cccc(NC(=O)c2ccc(NS(=O)(=O)c3ccc(Cl)cc3)c(C)c2)c1. The van der Waals surface area contributed by atoms with Gasteiger partial charge >= 0.3 is 0 Å². The van der Waals surface area contributed by atoms with Crippen LogP contribution in [-0.2, 0) is 10.0 Å². The minimum absolute atomic E-state index is 0.0819. The Balaban J connectivity index is 1.78. The van der Waals surface area contributed by atoms with Crippen LogP contribution in [0.1, 0.15) is 33.2 Å². The minimum atomic E-state index is -3.79. The summed E-state index contributed by atoms with van der Waals surface area (Å²) < 4.78 is 27.6. The van der Waals surface area contributed by atoms with Crippen LogP contribution in [0.25, 0.3) is 0 Å². The zero-order valence-corrected chi connectivity index (χ0v) is 17.8. The molecule has 0 spiro atoms. The van der Waals surface area contributed by atoms with Crippen LogP contribution >= 0.6 is 11.6 Å². The van der Waals surface area contributed by atoms with Crippen molar-refractivity contribution < 1.29 is 18.0 Å². The molecule has 1 amide bonds. The molecular formula is C22H19ClN2O4S. The van der Waals surface area contributed by atoms with E-state index in [1.807, 2.05) is 0 Å². The fraction of sp³-hybridized carbons (Fsp3) is 0.0909. The standard InChI is InChI=1S/C22H19ClN2O4S/c1-14-12-17(22(27)24-19-5-3-4-16(13-19)15(2)26)6-11-21(14)25-30(28,29)20-9-7-18(23)8-10-20/h3-13,25H,1-2H3,(H,24,27). The van der Waals surface area contributed by atoms with Gasteiger partial charge in [0.15, 0.2) is 5.78 Å². The first kappa shape index (κ1) is 21.5. The number of sulfonamides is 1. The summed E-state index contributed by atoms with van der Waals surface area (Å²) in [6, 6.07) is 17.1. The number of Topliss-reactive ketones (excluding diaryl/α,β-unsaturated/α-hetero) is 1. The normalized spacial score (nSPS) is 11.0. The van der Waals surface area contributed by atoms with Gasteiger partial charge in [-0.05, 0) is 74.0 Å². The number of carbonyl (C=O) groups excluding carboxylic acids is 2. The number of halogens is 1. The van der Waals surface area contributed by atoms with E-state index < -0.39 is 10.0 Å². The van der Waals surface area contributed by atoms with E-state index in [1.165, 1.54) is 43.3 Å². The molecule has 0 saturated heterocycles. The topological polar surface area (TPSA) is 92.3 Å². The number of benzene rings is 3. The van der Waals surface area contributed by atoms with E-state index in [4.69, 9.17) is 11.6 Å². The number of aryl methyl sites for hydroxylation is 1. The van der Waals surface area contributed by atoms with Crippen molar-refractivity contribution in [3.63, 3.8) is 0 Å². The largest absolute Gasteiger partial charge is 0.322 e. The molecule has 0 fully saturated rings. The molecule has 0 aliphatic rings. The van der Waals surface area contributed by atoms with Crippen molar-refractivity contribution in [3.05, 3.63) is 88.4 Å². The Morgan fingerprint density at radius 3 is 2.23 bits per heavy atom. The molecule has 3 aromatic carbocycles. The first-order valence-corrected chi connectivity index (χ1v) is 10.8. The zero-order valence-electron chi connectivity index (χ0n) is 16.3. The maximum atomic E-state index is 12.6. The Hall–Kier alpha value is -3.16. The highest BCUT2D eigenvalue weighted by atomic mass is 35.5. The van der Waals surface area contributed by atoms with Gasteiger partial charge in [0.2, 0.25) is 0 Å². The molecule has 0 bridgehead atoms. The van der Waals surface area contributed by atoms with Gasteiger partial charge < -0.3 is 5.32 Å². The Labute approximate surface area is 179 Å². The number of hydrogen-bond acceptors (Lipinski definition) is 4. The average molecular weight is 443 g/mol. The van der Waals surface area contributed by atoms with Gasteiger partial charge in [0.25, 0.3) is 15.9 Å². The second-order valence-electron chi connectivity index (χ2n) is 6.68. The highest BCUT2D eigenvalue weighted by Crippen LogP contribution is 2.23. The number of hydrogen-bond donors (Lipinski definition) is 2. The summed E-state index contributed by atoms with van der Waals surface area (Å²) in [4.78, 5) is 24.1. The maximum Gasteiger partial charge on any atom is 0.261 e. The van der Waals surface area contributed by atoms with E-state index in [0.29, 0.717) is 33.1 Å². The maximum absolute atomic E-state index is 12.6. The summed E-state index contributed by atoms with van der Waals surface area (Å²) in [6.07, 6.45) is 0. The first-order chi connectivity index (χ1) is 14.2. The second-order valence-corrected chi connectivity index (χ2v) is 8.80. The number of amides is 1. The third-order valence-corrected chi connectivity index (χ3v) is 6.02. The van der Waals surface area contributed by atoms with Crippen LogP contribution in [-0.4, -0.2) is 20.1 Å². The fourth-order valence-electron chi connectivity index (χ4n) is 2.76. The van der Waals surface area contributed by atoms with Gasteiger partial charge in [0.1, 0.15) is 0 Å². The van der Waals surface area contributed by atoms with Gasteiger partial charge in [0, 0.05) is 21.8 Å². The van der Waals surface area contributed by atoms with Gasteiger partial charge in [0.05, 0.1) is 10.6 Å². The summed E-state index contributed by atoms with van der Waals surface area (Å²) in [5.41, 5.74) is 2.29. The number of anilines is 2. The van der Waals surface area contributed by atoms with Crippen LogP contribution in [0.2, 0.25) is 5.02 Å². The number of ketones is 1. The van der Waals surface area contributed by atoms with E-state index in [1.54, 1.807) is 37.3 Å². The second kappa shape index (κ2) is 8.69. The average Bonchev–Trinajstić information content (AvgIpc) is 2.70. The third kappa shape index (κ3) is 5.06. The van der Waals surface area contributed by atoms with Crippen LogP contribution in [0.3, 0.4) is 0 Å². The molecule has 0 aromatic heterocycles. The van der Waals surface area contributed by atoms with Crippen molar-refractivity contribution in [2.45, 2.75) is 18.7 Å². The van der Waals surface area contributed by atoms with E-state index in [-0.39, 0.29) is 16.6 Å². The zero-order chi connectivity index (χ0) is 21.9. The van der Waals surface area contributed by atoms with Crippen LogP contribution in [0.4, 0.5) is 11.4 Å². The third-order valence-electron chi connectivity index (χ3n) is 4.38. The number of rotatable bonds is 6. The van der Waals surface area contributed by atoms with Crippen molar-refractivity contribution >= 4 is 44.7 Å². The van der Waals surface area contributed by atoms with E-state index in [2.05, 4.69) is 10.0 Å². The van der Waals surface area contributed by atoms with Crippen LogP contribution in [0.15, 0.2) is 71.6 Å². The van der Waals surface area contributed by atoms with Crippen LogP contribution < -0.4 is 10.0 Å². The van der Waals surface area contributed by atoms with E-state index >= 15 is 0 Å². The summed E-state index contributed by atoms with van der Waals surface area (Å²) in [5, 5.41) is 3.18. The predicted octanol–water partition coefficient (Wildman–Crippen LogP) is 4.90. The lowest BCUT2D eigenvalue weighted by molar-refractivity contribution is 0.101. The molecule has 0 atom stereocenters. The molecule has 30 heavy (non-hydrogen) atoms. The van der Waals surface area contributed by atoms with Crippen LogP contribution in [0, 0.1) is 6.92 Å². The Bertz CT molecular complexity index is 1220. The summed E-state index contributed by atoms with van der Waals surface area (Å²) in [6.45, 7) is 3.15. The van der Waals surface area contributed by atoms with Crippen molar-refractivity contribution in [3.8, 4) is 0 Å². The molecule has 0 aliphatic carbocycles. The molecule has 0 heterocycles. The molecule has 8 heteroatoms. The summed E-state index contributed by atoms with van der Waals surface area (Å²) >= 11 is 5.81. The Morgan fingerprint density at radius 2 is 1.60 bits per heavy atom. The van der Waals surface area contributed by atoms with Gasteiger partial charge in [-0.15, -0.1) is 0 Å². The fourth-order valence-corrected chi connectivity index (χ4v) is 4.01. The van der Waals surface area contributed by atoms with Crippen molar-refractivity contribution in [1.29, 1.82) is 0 Å². The molecule has 3 aromatic rings. The summed E-state index contributed by atoms with van der Waals surface area (Å²) in [5.74, 6) is -0.467. The lowest BCUT2D eigenvalue weighted by Gasteiger charge is -2.12. The monoisotopic (exact) mass is 442 g/mol. The molecule has 2 N–H and O–H groups in total. The summed E-state index contributed by atoms with van der Waals surface area (Å²) in [7, 11) is -3.79. The minimum Gasteiger partial charge on any atom is -0.322 e. The highest BCUT2D eigenvalue weighted by Gasteiger charge is 2.16.